The van der Waals surface area contributed by atoms with Crippen LogP contribution in [0.5, 0.6) is 17.4 Å². The van der Waals surface area contributed by atoms with Crippen molar-refractivity contribution in [2.75, 3.05) is 0 Å². The summed E-state index contributed by atoms with van der Waals surface area (Å²) in [6, 6.07) is 7.64. The Labute approximate surface area is 140 Å². The molecule has 1 atom stereocenters. The molecule has 0 spiro atoms. The standard InChI is InChI=1S/C17H12F2N2O4/c1-9(17(22)23)24-15-5-3-11(7-12(15)19)25-16-8-20-14-6-10(18)2-4-13(14)21-16/h2-9H,1H3,(H,22,23). The van der Waals surface area contributed by atoms with Gasteiger partial charge in [0, 0.05) is 12.1 Å². The Morgan fingerprint density at radius 1 is 1.16 bits per heavy atom. The number of fused-ring (bicyclic) bond motifs is 1. The van der Waals surface area contributed by atoms with Crippen LogP contribution < -0.4 is 9.47 Å². The summed E-state index contributed by atoms with van der Waals surface area (Å²) in [5.74, 6) is -2.38. The number of halogens is 2. The number of aromatic nitrogens is 2. The highest BCUT2D eigenvalue weighted by Crippen LogP contribution is 2.27. The highest BCUT2D eigenvalue weighted by Gasteiger charge is 2.16. The fraction of sp³-hybridized carbons (Fsp3) is 0.118. The second-order valence-electron chi connectivity index (χ2n) is 5.13. The van der Waals surface area contributed by atoms with Crippen LogP contribution in [0.4, 0.5) is 8.78 Å². The normalized spacial score (nSPS) is 12.0. The van der Waals surface area contributed by atoms with E-state index in [0.717, 1.165) is 6.07 Å². The zero-order valence-corrected chi connectivity index (χ0v) is 12.9. The van der Waals surface area contributed by atoms with Crippen molar-refractivity contribution in [3.8, 4) is 17.4 Å². The maximum absolute atomic E-state index is 14.0. The van der Waals surface area contributed by atoms with E-state index in [2.05, 4.69) is 9.97 Å². The highest BCUT2D eigenvalue weighted by atomic mass is 19.1. The molecule has 0 saturated carbocycles. The Kier molecular flexibility index (Phi) is 4.42. The molecule has 1 unspecified atom stereocenters. The van der Waals surface area contributed by atoms with Gasteiger partial charge in [0.25, 0.3) is 0 Å². The number of carbonyl (C=O) groups is 1. The van der Waals surface area contributed by atoms with Crippen LogP contribution in [0, 0.1) is 11.6 Å². The van der Waals surface area contributed by atoms with E-state index in [1.807, 2.05) is 0 Å². The van der Waals surface area contributed by atoms with Gasteiger partial charge in [-0.05, 0) is 31.2 Å². The number of carboxylic acids is 1. The van der Waals surface area contributed by atoms with E-state index in [1.54, 1.807) is 0 Å². The Hall–Kier alpha value is -3.29. The second kappa shape index (κ2) is 6.68. The van der Waals surface area contributed by atoms with E-state index in [0.29, 0.717) is 11.0 Å². The molecule has 0 fully saturated rings. The molecule has 0 aliphatic heterocycles. The molecule has 8 heteroatoms. The van der Waals surface area contributed by atoms with Crippen LogP contribution in [0.2, 0.25) is 0 Å². The topological polar surface area (TPSA) is 81.5 Å². The third-order valence-corrected chi connectivity index (χ3v) is 3.26. The minimum absolute atomic E-state index is 0.103. The number of benzene rings is 2. The number of hydrogen-bond acceptors (Lipinski definition) is 5. The molecular formula is C17H12F2N2O4. The fourth-order valence-electron chi connectivity index (χ4n) is 2.02. The molecular weight excluding hydrogens is 334 g/mol. The van der Waals surface area contributed by atoms with E-state index >= 15 is 0 Å². The second-order valence-corrected chi connectivity index (χ2v) is 5.13. The van der Waals surface area contributed by atoms with E-state index in [9.17, 15) is 13.6 Å². The lowest BCUT2D eigenvalue weighted by Crippen LogP contribution is -2.23. The third kappa shape index (κ3) is 3.79. The zero-order chi connectivity index (χ0) is 18.0. The zero-order valence-electron chi connectivity index (χ0n) is 12.9. The molecule has 0 bridgehead atoms. The molecule has 6 nitrogen and oxygen atoms in total. The van der Waals surface area contributed by atoms with Crippen LogP contribution in [0.1, 0.15) is 6.92 Å². The fourth-order valence-corrected chi connectivity index (χ4v) is 2.02. The van der Waals surface area contributed by atoms with Gasteiger partial charge in [0.05, 0.1) is 17.2 Å². The molecule has 1 heterocycles. The Balaban J connectivity index is 1.80. The van der Waals surface area contributed by atoms with E-state index < -0.39 is 23.7 Å². The van der Waals surface area contributed by atoms with E-state index in [-0.39, 0.29) is 17.4 Å². The number of ether oxygens (including phenoxy) is 2. The molecule has 0 aliphatic carbocycles. The minimum Gasteiger partial charge on any atom is -0.479 e. The van der Waals surface area contributed by atoms with E-state index in [1.165, 1.54) is 43.5 Å². The third-order valence-electron chi connectivity index (χ3n) is 3.26. The van der Waals surface area contributed by atoms with Crippen LogP contribution in [0.15, 0.2) is 42.6 Å². The monoisotopic (exact) mass is 346 g/mol. The van der Waals surface area contributed by atoms with Gasteiger partial charge >= 0.3 is 5.97 Å². The first-order valence-corrected chi connectivity index (χ1v) is 7.21. The van der Waals surface area contributed by atoms with Gasteiger partial charge in [-0.25, -0.2) is 23.5 Å². The predicted octanol–water partition coefficient (Wildman–Crippen LogP) is 3.55. The molecule has 0 saturated heterocycles. The lowest BCUT2D eigenvalue weighted by Gasteiger charge is -2.12. The smallest absolute Gasteiger partial charge is 0.344 e. The summed E-state index contributed by atoms with van der Waals surface area (Å²) in [5, 5.41) is 8.78. The van der Waals surface area contributed by atoms with Crippen molar-refractivity contribution in [3.05, 3.63) is 54.2 Å². The number of rotatable bonds is 5. The summed E-state index contributed by atoms with van der Waals surface area (Å²) in [7, 11) is 0. The van der Waals surface area contributed by atoms with Gasteiger partial charge in [-0.1, -0.05) is 0 Å². The predicted molar refractivity (Wildman–Crippen MR) is 83.7 cm³/mol. The first-order chi connectivity index (χ1) is 11.9. The molecule has 1 aromatic heterocycles. The van der Waals surface area contributed by atoms with Gasteiger partial charge in [0.1, 0.15) is 11.6 Å². The van der Waals surface area contributed by atoms with Crippen molar-refractivity contribution in [2.45, 2.75) is 13.0 Å². The van der Waals surface area contributed by atoms with Crippen molar-refractivity contribution in [1.29, 1.82) is 0 Å². The van der Waals surface area contributed by atoms with Crippen LogP contribution in [-0.4, -0.2) is 27.1 Å². The Bertz CT molecular complexity index is 949. The maximum Gasteiger partial charge on any atom is 0.344 e. The molecule has 3 rings (SSSR count). The molecule has 1 N–H and O–H groups in total. The van der Waals surface area contributed by atoms with Gasteiger partial charge in [0.2, 0.25) is 5.88 Å². The van der Waals surface area contributed by atoms with Crippen molar-refractivity contribution in [1.82, 2.24) is 9.97 Å². The number of carboxylic acid groups (broad SMARTS) is 1. The maximum atomic E-state index is 14.0. The molecule has 25 heavy (non-hydrogen) atoms. The van der Waals surface area contributed by atoms with Gasteiger partial charge in [-0.2, -0.15) is 0 Å². The van der Waals surface area contributed by atoms with E-state index in [4.69, 9.17) is 14.6 Å². The van der Waals surface area contributed by atoms with Gasteiger partial charge in [0.15, 0.2) is 17.7 Å². The molecule has 2 aromatic carbocycles. The lowest BCUT2D eigenvalue weighted by atomic mass is 10.3. The summed E-state index contributed by atoms with van der Waals surface area (Å²) >= 11 is 0. The molecule has 128 valence electrons. The molecule has 3 aromatic rings. The molecule has 0 amide bonds. The number of hydrogen-bond donors (Lipinski definition) is 1. The first-order valence-electron chi connectivity index (χ1n) is 7.21. The van der Waals surface area contributed by atoms with Crippen LogP contribution in [0.25, 0.3) is 11.0 Å². The lowest BCUT2D eigenvalue weighted by molar-refractivity contribution is -0.144. The Morgan fingerprint density at radius 2 is 1.96 bits per heavy atom. The average molecular weight is 346 g/mol. The molecule has 0 aliphatic rings. The van der Waals surface area contributed by atoms with Crippen molar-refractivity contribution in [2.24, 2.45) is 0 Å². The quantitative estimate of drug-likeness (QED) is 0.761. The van der Waals surface area contributed by atoms with Gasteiger partial charge in [-0.3, -0.25) is 0 Å². The van der Waals surface area contributed by atoms with Gasteiger partial charge < -0.3 is 14.6 Å². The van der Waals surface area contributed by atoms with Crippen LogP contribution in [0.3, 0.4) is 0 Å². The first kappa shape index (κ1) is 16.6. The van der Waals surface area contributed by atoms with Crippen LogP contribution in [-0.2, 0) is 4.79 Å². The number of nitrogens with zero attached hydrogens (tertiary/aromatic N) is 2. The van der Waals surface area contributed by atoms with Crippen molar-refractivity contribution < 1.29 is 28.2 Å². The SMILES string of the molecule is CC(Oc1ccc(Oc2cnc3cc(F)ccc3n2)cc1F)C(=O)O. The summed E-state index contributed by atoms with van der Waals surface area (Å²) in [4.78, 5) is 18.9. The summed E-state index contributed by atoms with van der Waals surface area (Å²) in [5.41, 5.74) is 0.791. The van der Waals surface area contributed by atoms with Crippen molar-refractivity contribution in [3.63, 3.8) is 0 Å². The minimum atomic E-state index is -1.21. The summed E-state index contributed by atoms with van der Waals surface area (Å²) in [6.45, 7) is 1.29. The van der Waals surface area contributed by atoms with Gasteiger partial charge in [-0.15, -0.1) is 0 Å². The summed E-state index contributed by atoms with van der Waals surface area (Å²) < 4.78 is 37.5. The largest absolute Gasteiger partial charge is 0.479 e. The van der Waals surface area contributed by atoms with Crippen molar-refractivity contribution >= 4 is 17.0 Å². The highest BCUT2D eigenvalue weighted by molar-refractivity contribution is 5.74. The molecule has 0 radical (unpaired) electrons. The number of aliphatic carboxylic acids is 1. The average Bonchev–Trinajstić information content (AvgIpc) is 2.57. The summed E-state index contributed by atoms with van der Waals surface area (Å²) in [6.07, 6.45) is 0.101. The Morgan fingerprint density at radius 3 is 2.68 bits per heavy atom. The van der Waals surface area contributed by atoms with Crippen LogP contribution >= 0.6 is 0 Å².